The Kier molecular flexibility index (Phi) is 3.82. The summed E-state index contributed by atoms with van der Waals surface area (Å²) in [6.07, 6.45) is 1.43. The maximum Gasteiger partial charge on any atom is 0.268 e. The third-order valence-electron chi connectivity index (χ3n) is 2.77. The number of carbonyl (C=O) groups excluding carboxylic acids is 1. The topological polar surface area (TPSA) is 71.5 Å². The summed E-state index contributed by atoms with van der Waals surface area (Å²) < 4.78 is 18.1. The number of benzene rings is 1. The highest BCUT2D eigenvalue weighted by Crippen LogP contribution is 2.18. The van der Waals surface area contributed by atoms with Crippen LogP contribution in [0.25, 0.3) is 0 Å². The summed E-state index contributed by atoms with van der Waals surface area (Å²) in [4.78, 5) is 13.3. The molecule has 100 valence electrons. The van der Waals surface area contributed by atoms with Crippen LogP contribution in [0.15, 0.2) is 41.0 Å². The predicted octanol–water partition coefficient (Wildman–Crippen LogP) is 1.66. The molecular formula is C13H14FN3O2. The Balaban J connectivity index is 2.15. The lowest BCUT2D eigenvalue weighted by Gasteiger charge is -2.18. The minimum Gasteiger partial charge on any atom is -0.467 e. The van der Waals surface area contributed by atoms with Crippen LogP contribution < -0.4 is 16.2 Å². The molecule has 1 aromatic heterocycles. The van der Waals surface area contributed by atoms with E-state index in [4.69, 9.17) is 10.3 Å². The molecule has 1 heterocycles. The summed E-state index contributed by atoms with van der Waals surface area (Å²) in [5.41, 5.74) is 3.26. The zero-order chi connectivity index (χ0) is 13.8. The van der Waals surface area contributed by atoms with E-state index in [0.29, 0.717) is 17.9 Å². The van der Waals surface area contributed by atoms with Gasteiger partial charge in [-0.05, 0) is 30.3 Å². The van der Waals surface area contributed by atoms with Crippen molar-refractivity contribution in [2.45, 2.75) is 6.54 Å². The second-order valence-corrected chi connectivity index (χ2v) is 4.06. The van der Waals surface area contributed by atoms with Crippen molar-refractivity contribution in [3.05, 3.63) is 53.7 Å². The standard InChI is InChI=1S/C13H14FN3O2/c1-17(10-4-2-9(14)3-5-10)8-12-11(6-7-19-12)13(18)16-15/h2-7H,8,15H2,1H3,(H,16,18). The molecule has 0 saturated heterocycles. The van der Waals surface area contributed by atoms with E-state index in [-0.39, 0.29) is 5.82 Å². The fraction of sp³-hybridized carbons (Fsp3) is 0.154. The molecule has 6 heteroatoms. The lowest BCUT2D eigenvalue weighted by molar-refractivity contribution is 0.0951. The van der Waals surface area contributed by atoms with Crippen molar-refractivity contribution in [2.24, 2.45) is 5.84 Å². The van der Waals surface area contributed by atoms with E-state index in [0.717, 1.165) is 5.69 Å². The van der Waals surface area contributed by atoms with E-state index < -0.39 is 5.91 Å². The first kappa shape index (κ1) is 13.1. The van der Waals surface area contributed by atoms with Crippen molar-refractivity contribution in [3.63, 3.8) is 0 Å². The normalized spacial score (nSPS) is 10.3. The average molecular weight is 263 g/mol. The molecule has 0 fully saturated rings. The molecule has 0 aliphatic carbocycles. The third-order valence-corrected chi connectivity index (χ3v) is 2.77. The number of rotatable bonds is 4. The largest absolute Gasteiger partial charge is 0.467 e. The van der Waals surface area contributed by atoms with Crippen LogP contribution in [-0.2, 0) is 6.54 Å². The summed E-state index contributed by atoms with van der Waals surface area (Å²) in [7, 11) is 1.82. The second kappa shape index (κ2) is 5.53. The van der Waals surface area contributed by atoms with Gasteiger partial charge < -0.3 is 9.32 Å². The molecule has 0 aliphatic rings. The Morgan fingerprint density at radius 3 is 2.68 bits per heavy atom. The molecule has 1 aromatic carbocycles. The number of nitrogens with one attached hydrogen (secondary N) is 1. The number of halogens is 1. The first-order chi connectivity index (χ1) is 9.11. The van der Waals surface area contributed by atoms with Crippen molar-refractivity contribution in [1.29, 1.82) is 0 Å². The molecule has 5 nitrogen and oxygen atoms in total. The number of hydrazine groups is 1. The number of amides is 1. The van der Waals surface area contributed by atoms with Crippen LogP contribution in [-0.4, -0.2) is 13.0 Å². The van der Waals surface area contributed by atoms with Gasteiger partial charge in [0.25, 0.3) is 5.91 Å². The van der Waals surface area contributed by atoms with Crippen molar-refractivity contribution >= 4 is 11.6 Å². The van der Waals surface area contributed by atoms with Crippen molar-refractivity contribution in [2.75, 3.05) is 11.9 Å². The number of hydrogen-bond donors (Lipinski definition) is 2. The molecule has 0 spiro atoms. The van der Waals surface area contributed by atoms with Gasteiger partial charge in [0.05, 0.1) is 18.4 Å². The van der Waals surface area contributed by atoms with Crippen LogP contribution in [0.4, 0.5) is 10.1 Å². The van der Waals surface area contributed by atoms with Gasteiger partial charge >= 0.3 is 0 Å². The Morgan fingerprint density at radius 1 is 1.37 bits per heavy atom. The molecule has 0 atom stereocenters. The van der Waals surface area contributed by atoms with E-state index in [1.54, 1.807) is 18.2 Å². The first-order valence-corrected chi connectivity index (χ1v) is 5.66. The summed E-state index contributed by atoms with van der Waals surface area (Å²) in [5, 5.41) is 0. The number of nitrogens with zero attached hydrogens (tertiary/aromatic N) is 1. The van der Waals surface area contributed by atoms with Gasteiger partial charge in [-0.1, -0.05) is 0 Å². The molecule has 0 radical (unpaired) electrons. The minimum absolute atomic E-state index is 0.293. The summed E-state index contributed by atoms with van der Waals surface area (Å²) in [6.45, 7) is 0.376. The summed E-state index contributed by atoms with van der Waals surface area (Å²) in [6, 6.07) is 7.61. The molecule has 0 aliphatic heterocycles. The maximum atomic E-state index is 12.8. The number of nitrogen functional groups attached to an aromatic ring is 1. The quantitative estimate of drug-likeness (QED) is 0.500. The number of hydrogen-bond acceptors (Lipinski definition) is 4. The average Bonchev–Trinajstić information content (AvgIpc) is 2.86. The monoisotopic (exact) mass is 263 g/mol. The molecular weight excluding hydrogens is 249 g/mol. The van der Waals surface area contributed by atoms with Gasteiger partial charge in [0.15, 0.2) is 0 Å². The number of furan rings is 1. The third kappa shape index (κ3) is 2.92. The maximum absolute atomic E-state index is 12.8. The SMILES string of the molecule is CN(Cc1occc1C(=O)NN)c1ccc(F)cc1. The molecule has 0 unspecified atom stereocenters. The number of anilines is 1. The highest BCUT2D eigenvalue weighted by molar-refractivity contribution is 5.94. The Morgan fingerprint density at radius 2 is 2.05 bits per heavy atom. The van der Waals surface area contributed by atoms with Crippen LogP contribution in [0.3, 0.4) is 0 Å². The van der Waals surface area contributed by atoms with E-state index in [2.05, 4.69) is 5.43 Å². The van der Waals surface area contributed by atoms with Gasteiger partial charge in [-0.3, -0.25) is 10.2 Å². The summed E-state index contributed by atoms with van der Waals surface area (Å²) in [5.74, 6) is 4.89. The van der Waals surface area contributed by atoms with Crippen LogP contribution in [0.5, 0.6) is 0 Å². The number of nitrogens with two attached hydrogens (primary N) is 1. The Labute approximate surface area is 109 Å². The molecule has 0 bridgehead atoms. The highest BCUT2D eigenvalue weighted by atomic mass is 19.1. The van der Waals surface area contributed by atoms with E-state index in [9.17, 15) is 9.18 Å². The molecule has 1 amide bonds. The molecule has 0 saturated carbocycles. The minimum atomic E-state index is -0.406. The van der Waals surface area contributed by atoms with E-state index in [1.807, 2.05) is 11.9 Å². The van der Waals surface area contributed by atoms with Gasteiger partial charge in [-0.2, -0.15) is 0 Å². The molecule has 3 N–H and O–H groups in total. The lowest BCUT2D eigenvalue weighted by Crippen LogP contribution is -2.31. The zero-order valence-corrected chi connectivity index (χ0v) is 10.4. The second-order valence-electron chi connectivity index (χ2n) is 4.06. The van der Waals surface area contributed by atoms with Gasteiger partial charge in [-0.25, -0.2) is 10.2 Å². The van der Waals surface area contributed by atoms with Crippen LogP contribution in [0, 0.1) is 5.82 Å². The predicted molar refractivity (Wildman–Crippen MR) is 68.9 cm³/mol. The molecule has 2 rings (SSSR count). The van der Waals surface area contributed by atoms with Crippen molar-refractivity contribution < 1.29 is 13.6 Å². The smallest absolute Gasteiger partial charge is 0.268 e. The number of carbonyl (C=O) groups is 1. The fourth-order valence-corrected chi connectivity index (χ4v) is 1.75. The van der Waals surface area contributed by atoms with E-state index in [1.165, 1.54) is 18.4 Å². The van der Waals surface area contributed by atoms with Crippen molar-refractivity contribution in [1.82, 2.24) is 5.43 Å². The lowest BCUT2D eigenvalue weighted by atomic mass is 10.2. The van der Waals surface area contributed by atoms with Crippen LogP contribution in [0.1, 0.15) is 16.1 Å². The van der Waals surface area contributed by atoms with Gasteiger partial charge in [0.1, 0.15) is 11.6 Å². The van der Waals surface area contributed by atoms with Crippen LogP contribution in [0.2, 0.25) is 0 Å². The fourth-order valence-electron chi connectivity index (χ4n) is 1.75. The van der Waals surface area contributed by atoms with Crippen molar-refractivity contribution in [3.8, 4) is 0 Å². The molecule has 19 heavy (non-hydrogen) atoms. The van der Waals surface area contributed by atoms with Gasteiger partial charge in [0, 0.05) is 12.7 Å². The van der Waals surface area contributed by atoms with Crippen LogP contribution >= 0.6 is 0 Å². The molecule has 2 aromatic rings. The van der Waals surface area contributed by atoms with Gasteiger partial charge in [-0.15, -0.1) is 0 Å². The Bertz CT molecular complexity index is 566. The van der Waals surface area contributed by atoms with Gasteiger partial charge in [0.2, 0.25) is 0 Å². The summed E-state index contributed by atoms with van der Waals surface area (Å²) >= 11 is 0. The zero-order valence-electron chi connectivity index (χ0n) is 10.4. The first-order valence-electron chi connectivity index (χ1n) is 5.66. The highest BCUT2D eigenvalue weighted by Gasteiger charge is 2.15. The Hall–Kier alpha value is -2.34. The van der Waals surface area contributed by atoms with E-state index >= 15 is 0 Å².